The number of carbonyl (C=O) groups excluding carboxylic acids is 1. The van der Waals surface area contributed by atoms with Gasteiger partial charge in [0.15, 0.2) is 0 Å². The zero-order chi connectivity index (χ0) is 13.1. The van der Waals surface area contributed by atoms with E-state index in [0.29, 0.717) is 12.2 Å². The molecule has 0 aliphatic carbocycles. The second-order valence-corrected chi connectivity index (χ2v) is 4.34. The Morgan fingerprint density at radius 2 is 2.33 bits per heavy atom. The maximum Gasteiger partial charge on any atom is 0.270 e. The molecule has 1 fully saturated rings. The number of amides is 1. The lowest BCUT2D eigenvalue weighted by atomic mass is 10.1. The second kappa shape index (κ2) is 5.48. The van der Waals surface area contributed by atoms with E-state index in [0.717, 1.165) is 13.1 Å². The number of nitrogens with zero attached hydrogens (tertiary/aromatic N) is 2. The van der Waals surface area contributed by atoms with Gasteiger partial charge < -0.3 is 14.8 Å². The van der Waals surface area contributed by atoms with Gasteiger partial charge in [-0.1, -0.05) is 0 Å². The highest BCUT2D eigenvalue weighted by atomic mass is 19.3. The zero-order valence-electron chi connectivity index (χ0n) is 10.3. The van der Waals surface area contributed by atoms with Crippen LogP contribution in [0.2, 0.25) is 0 Å². The van der Waals surface area contributed by atoms with Gasteiger partial charge in [-0.05, 0) is 19.1 Å². The SMILES string of the molecule is CCN(C(=O)c1cccn1CC(F)F)C1CNC1. The number of carbonyl (C=O) groups is 1. The lowest BCUT2D eigenvalue weighted by molar-refractivity contribution is 0.0611. The predicted octanol–water partition coefficient (Wildman–Crippen LogP) is 1.19. The van der Waals surface area contributed by atoms with Crippen LogP contribution in [0, 0.1) is 0 Å². The number of nitrogens with one attached hydrogen (secondary N) is 1. The van der Waals surface area contributed by atoms with E-state index in [1.807, 2.05) is 6.92 Å². The molecule has 1 aromatic heterocycles. The summed E-state index contributed by atoms with van der Waals surface area (Å²) in [5.74, 6) is -0.172. The fraction of sp³-hybridized carbons (Fsp3) is 0.583. The van der Waals surface area contributed by atoms with Crippen molar-refractivity contribution < 1.29 is 13.6 Å². The van der Waals surface area contributed by atoms with Crippen LogP contribution in [0.4, 0.5) is 8.78 Å². The molecule has 18 heavy (non-hydrogen) atoms. The summed E-state index contributed by atoms with van der Waals surface area (Å²) in [5, 5.41) is 3.10. The van der Waals surface area contributed by atoms with Crippen molar-refractivity contribution in [2.75, 3.05) is 19.6 Å². The number of halogens is 2. The van der Waals surface area contributed by atoms with Gasteiger partial charge in [-0.3, -0.25) is 4.79 Å². The summed E-state index contributed by atoms with van der Waals surface area (Å²) in [6.45, 7) is 3.60. The van der Waals surface area contributed by atoms with Gasteiger partial charge in [0.25, 0.3) is 12.3 Å². The van der Waals surface area contributed by atoms with Crippen molar-refractivity contribution >= 4 is 5.91 Å². The van der Waals surface area contributed by atoms with Gasteiger partial charge in [-0.15, -0.1) is 0 Å². The van der Waals surface area contributed by atoms with Gasteiger partial charge in [0.05, 0.1) is 12.6 Å². The molecule has 2 heterocycles. The molecule has 1 aromatic rings. The minimum atomic E-state index is -2.45. The van der Waals surface area contributed by atoms with Crippen LogP contribution in [0.3, 0.4) is 0 Å². The Balaban J connectivity index is 2.14. The summed E-state index contributed by atoms with van der Waals surface area (Å²) in [7, 11) is 0. The third-order valence-corrected chi connectivity index (χ3v) is 3.19. The molecule has 1 aliphatic rings. The fourth-order valence-corrected chi connectivity index (χ4v) is 2.12. The molecule has 2 rings (SSSR count). The molecule has 0 saturated carbocycles. The number of aromatic nitrogens is 1. The molecule has 6 heteroatoms. The maximum absolute atomic E-state index is 12.4. The summed E-state index contributed by atoms with van der Waals surface area (Å²) in [4.78, 5) is 14.0. The minimum absolute atomic E-state index is 0.172. The summed E-state index contributed by atoms with van der Waals surface area (Å²) in [6.07, 6.45) is -0.934. The number of alkyl halides is 2. The average molecular weight is 257 g/mol. The Labute approximate surface area is 105 Å². The molecular weight excluding hydrogens is 240 g/mol. The van der Waals surface area contributed by atoms with Crippen LogP contribution in [-0.2, 0) is 6.54 Å². The molecule has 1 aliphatic heterocycles. The van der Waals surface area contributed by atoms with Gasteiger partial charge in [-0.2, -0.15) is 0 Å². The topological polar surface area (TPSA) is 37.3 Å². The van der Waals surface area contributed by atoms with Crippen molar-refractivity contribution in [3.05, 3.63) is 24.0 Å². The Morgan fingerprint density at radius 3 is 2.83 bits per heavy atom. The van der Waals surface area contributed by atoms with E-state index in [2.05, 4.69) is 5.32 Å². The number of hydrogen-bond donors (Lipinski definition) is 1. The van der Waals surface area contributed by atoms with Crippen LogP contribution in [-0.4, -0.2) is 47.5 Å². The molecule has 0 bridgehead atoms. The number of likely N-dealkylation sites (N-methyl/N-ethyl adjacent to an activating group) is 1. The smallest absolute Gasteiger partial charge is 0.270 e. The Hall–Kier alpha value is -1.43. The Bertz CT molecular complexity index is 415. The van der Waals surface area contributed by atoms with Crippen LogP contribution < -0.4 is 5.32 Å². The molecule has 0 aromatic carbocycles. The predicted molar refractivity (Wildman–Crippen MR) is 63.8 cm³/mol. The van der Waals surface area contributed by atoms with Gasteiger partial charge in [-0.25, -0.2) is 8.78 Å². The third kappa shape index (κ3) is 2.53. The molecule has 100 valence electrons. The lowest BCUT2D eigenvalue weighted by Crippen LogP contribution is -2.59. The van der Waals surface area contributed by atoms with Crippen molar-refractivity contribution in [2.24, 2.45) is 0 Å². The van der Waals surface area contributed by atoms with Crippen molar-refractivity contribution in [3.63, 3.8) is 0 Å². The van der Waals surface area contributed by atoms with E-state index in [-0.39, 0.29) is 11.9 Å². The van der Waals surface area contributed by atoms with E-state index in [4.69, 9.17) is 0 Å². The monoisotopic (exact) mass is 257 g/mol. The van der Waals surface area contributed by atoms with Crippen LogP contribution >= 0.6 is 0 Å². The molecule has 0 radical (unpaired) electrons. The first-order valence-electron chi connectivity index (χ1n) is 6.08. The summed E-state index contributed by atoms with van der Waals surface area (Å²) in [5.41, 5.74) is 0.337. The largest absolute Gasteiger partial charge is 0.338 e. The van der Waals surface area contributed by atoms with E-state index >= 15 is 0 Å². The molecule has 0 atom stereocenters. The van der Waals surface area contributed by atoms with Crippen molar-refractivity contribution in [1.82, 2.24) is 14.8 Å². The lowest BCUT2D eigenvalue weighted by Gasteiger charge is -2.37. The first-order chi connectivity index (χ1) is 8.63. The molecule has 0 spiro atoms. The number of rotatable bonds is 5. The first-order valence-corrected chi connectivity index (χ1v) is 6.08. The maximum atomic E-state index is 12.4. The van der Waals surface area contributed by atoms with Crippen LogP contribution in [0.25, 0.3) is 0 Å². The second-order valence-electron chi connectivity index (χ2n) is 4.34. The van der Waals surface area contributed by atoms with Gasteiger partial charge in [0, 0.05) is 25.8 Å². The number of hydrogen-bond acceptors (Lipinski definition) is 2. The molecule has 1 saturated heterocycles. The standard InChI is InChI=1S/C12H17F2N3O/c1-2-17(9-6-15-7-9)12(18)10-4-3-5-16(10)8-11(13)14/h3-5,9,11,15H,2,6-8H2,1H3. The minimum Gasteiger partial charge on any atom is -0.338 e. The van der Waals surface area contributed by atoms with Crippen LogP contribution in [0.15, 0.2) is 18.3 Å². The fourth-order valence-electron chi connectivity index (χ4n) is 2.12. The van der Waals surface area contributed by atoms with Gasteiger partial charge in [0.2, 0.25) is 0 Å². The zero-order valence-corrected chi connectivity index (χ0v) is 10.3. The molecular formula is C12H17F2N3O. The molecule has 1 amide bonds. The highest BCUT2D eigenvalue weighted by Crippen LogP contribution is 2.13. The highest BCUT2D eigenvalue weighted by molar-refractivity contribution is 5.93. The van der Waals surface area contributed by atoms with E-state index < -0.39 is 13.0 Å². The van der Waals surface area contributed by atoms with Crippen molar-refractivity contribution in [2.45, 2.75) is 25.9 Å². The molecule has 0 unspecified atom stereocenters. The van der Waals surface area contributed by atoms with Gasteiger partial charge in [0.1, 0.15) is 5.69 Å². The summed E-state index contributed by atoms with van der Waals surface area (Å²) in [6, 6.07) is 3.40. The van der Waals surface area contributed by atoms with Gasteiger partial charge >= 0.3 is 0 Å². The molecule has 1 N–H and O–H groups in total. The van der Waals surface area contributed by atoms with E-state index in [1.165, 1.54) is 10.8 Å². The highest BCUT2D eigenvalue weighted by Gasteiger charge is 2.29. The Morgan fingerprint density at radius 1 is 1.61 bits per heavy atom. The van der Waals surface area contributed by atoms with Crippen LogP contribution in [0.1, 0.15) is 17.4 Å². The molecule has 4 nitrogen and oxygen atoms in total. The van der Waals surface area contributed by atoms with E-state index in [9.17, 15) is 13.6 Å². The van der Waals surface area contributed by atoms with Crippen molar-refractivity contribution in [1.29, 1.82) is 0 Å². The average Bonchev–Trinajstić information content (AvgIpc) is 2.69. The normalized spacial score (nSPS) is 15.8. The Kier molecular flexibility index (Phi) is 3.96. The van der Waals surface area contributed by atoms with Crippen molar-refractivity contribution in [3.8, 4) is 0 Å². The summed E-state index contributed by atoms with van der Waals surface area (Å²) < 4.78 is 26.1. The first kappa shape index (κ1) is 13.0. The summed E-state index contributed by atoms with van der Waals surface area (Å²) >= 11 is 0. The van der Waals surface area contributed by atoms with Crippen LogP contribution in [0.5, 0.6) is 0 Å². The van der Waals surface area contributed by atoms with E-state index in [1.54, 1.807) is 17.0 Å². The quantitative estimate of drug-likeness (QED) is 0.860. The third-order valence-electron chi connectivity index (χ3n) is 3.19.